The lowest BCUT2D eigenvalue weighted by atomic mass is 10.0. The molecule has 56 heavy (non-hydrogen) atoms. The fourth-order valence-electron chi connectivity index (χ4n) is 8.84. The van der Waals surface area contributed by atoms with Crippen LogP contribution in [0, 0.1) is 0 Å². The van der Waals surface area contributed by atoms with Crippen molar-refractivity contribution in [1.29, 1.82) is 0 Å². The number of furan rings is 1. The van der Waals surface area contributed by atoms with E-state index in [9.17, 15) is 0 Å². The second-order valence-corrected chi connectivity index (χ2v) is 15.5. The Balaban J connectivity index is 1.05. The van der Waals surface area contributed by atoms with Gasteiger partial charge in [-0.05, 0) is 71.1 Å². The standard InChI is InChI=1S/C52H32N2OS/c1-2-14-37-34(12-1)13-9-21-44(37)54-45-20-6-3-15-38(45)39-31-28-35(32-48(39)54)33-26-29-36(30-27-33)53(46-22-10-18-42-40-16-4-7-24-49(40)55-51(42)46)47-23-11-19-43-41-17-5-8-25-50(41)56-52(43)47/h1-32H. The largest absolute Gasteiger partial charge is 0.454 e. The molecule has 0 unspecified atom stereocenters. The molecule has 4 heteroatoms. The van der Waals surface area contributed by atoms with E-state index in [-0.39, 0.29) is 0 Å². The molecule has 0 aliphatic carbocycles. The zero-order valence-electron chi connectivity index (χ0n) is 30.2. The van der Waals surface area contributed by atoms with Crippen LogP contribution >= 0.6 is 11.3 Å². The van der Waals surface area contributed by atoms with Crippen LogP contribution in [0.15, 0.2) is 199 Å². The molecule has 0 amide bonds. The van der Waals surface area contributed by atoms with Crippen molar-refractivity contribution in [2.75, 3.05) is 4.90 Å². The van der Waals surface area contributed by atoms with Crippen molar-refractivity contribution in [2.24, 2.45) is 0 Å². The fraction of sp³-hybridized carbons (Fsp3) is 0. The summed E-state index contributed by atoms with van der Waals surface area (Å²) in [5.41, 5.74) is 10.9. The van der Waals surface area contributed by atoms with Crippen LogP contribution < -0.4 is 4.90 Å². The lowest BCUT2D eigenvalue weighted by Gasteiger charge is -2.26. The van der Waals surface area contributed by atoms with Crippen LogP contribution in [0.5, 0.6) is 0 Å². The number of nitrogens with zero attached hydrogens (tertiary/aromatic N) is 2. The third-order valence-electron chi connectivity index (χ3n) is 11.4. The molecule has 0 radical (unpaired) electrons. The smallest absolute Gasteiger partial charge is 0.159 e. The Morgan fingerprint density at radius 1 is 0.429 bits per heavy atom. The van der Waals surface area contributed by atoms with Gasteiger partial charge < -0.3 is 13.9 Å². The first kappa shape index (κ1) is 31.2. The van der Waals surface area contributed by atoms with Crippen molar-refractivity contribution >= 4 is 103 Å². The zero-order chi connectivity index (χ0) is 36.7. The number of aromatic nitrogens is 1. The molecule has 0 N–H and O–H groups in total. The summed E-state index contributed by atoms with van der Waals surface area (Å²) in [7, 11) is 0. The number of thiophene rings is 1. The normalized spacial score (nSPS) is 11.9. The average molecular weight is 733 g/mol. The van der Waals surface area contributed by atoms with Gasteiger partial charge in [0.05, 0.1) is 32.8 Å². The number of benzene rings is 9. The highest BCUT2D eigenvalue weighted by molar-refractivity contribution is 7.26. The number of fused-ring (bicyclic) bond motifs is 10. The van der Waals surface area contributed by atoms with Crippen LogP contribution in [0.25, 0.3) is 91.5 Å². The minimum atomic E-state index is 0.877. The lowest BCUT2D eigenvalue weighted by molar-refractivity contribution is 0.669. The predicted molar refractivity (Wildman–Crippen MR) is 239 cm³/mol. The molecule has 3 heterocycles. The second kappa shape index (κ2) is 12.2. The van der Waals surface area contributed by atoms with Gasteiger partial charge in [0.2, 0.25) is 0 Å². The number of hydrogen-bond acceptors (Lipinski definition) is 3. The van der Waals surface area contributed by atoms with E-state index in [0.717, 1.165) is 44.6 Å². The first-order valence-electron chi connectivity index (χ1n) is 19.0. The SMILES string of the molecule is c1ccc2c(-n3c4ccccc4c4ccc(-c5ccc(N(c6cccc7c6oc6ccccc67)c6cccc7c6sc6ccccc67)cc5)cc43)cccc2c1. The van der Waals surface area contributed by atoms with E-state index in [1.54, 1.807) is 0 Å². The molecule has 12 rings (SSSR count). The van der Waals surface area contributed by atoms with Crippen LogP contribution in [-0.4, -0.2) is 4.57 Å². The highest BCUT2D eigenvalue weighted by Crippen LogP contribution is 2.48. The maximum absolute atomic E-state index is 6.67. The summed E-state index contributed by atoms with van der Waals surface area (Å²) in [6, 6.07) is 70.2. The predicted octanol–water partition coefficient (Wildman–Crippen LogP) is 15.3. The van der Waals surface area contributed by atoms with Crippen molar-refractivity contribution < 1.29 is 4.42 Å². The Morgan fingerprint density at radius 3 is 1.96 bits per heavy atom. The molecular weight excluding hydrogens is 701 g/mol. The van der Waals surface area contributed by atoms with Gasteiger partial charge in [-0.3, -0.25) is 0 Å². The molecule has 262 valence electrons. The molecule has 0 saturated heterocycles. The van der Waals surface area contributed by atoms with Gasteiger partial charge in [-0.1, -0.05) is 140 Å². The van der Waals surface area contributed by atoms with E-state index >= 15 is 0 Å². The summed E-state index contributed by atoms with van der Waals surface area (Å²) in [5, 5.41) is 9.74. The van der Waals surface area contributed by atoms with E-state index < -0.39 is 0 Å². The molecule has 0 saturated carbocycles. The highest BCUT2D eigenvalue weighted by atomic mass is 32.1. The number of hydrogen-bond donors (Lipinski definition) is 0. The first-order chi connectivity index (χ1) is 27.8. The van der Waals surface area contributed by atoms with E-state index in [4.69, 9.17) is 4.42 Å². The van der Waals surface area contributed by atoms with E-state index in [0.29, 0.717) is 0 Å². The Hall–Kier alpha value is -7.14. The Morgan fingerprint density at radius 2 is 1.07 bits per heavy atom. The molecule has 0 bridgehead atoms. The summed E-state index contributed by atoms with van der Waals surface area (Å²) in [5.74, 6) is 0. The van der Waals surface area contributed by atoms with Gasteiger partial charge in [-0.25, -0.2) is 0 Å². The Bertz CT molecular complexity index is 3380. The van der Waals surface area contributed by atoms with Gasteiger partial charge in [0.1, 0.15) is 5.58 Å². The van der Waals surface area contributed by atoms with Crippen LogP contribution in [-0.2, 0) is 0 Å². The zero-order valence-corrected chi connectivity index (χ0v) is 31.0. The maximum atomic E-state index is 6.67. The van der Waals surface area contributed by atoms with Crippen LogP contribution in [0.3, 0.4) is 0 Å². The molecule has 3 nitrogen and oxygen atoms in total. The molecule has 0 aliphatic heterocycles. The maximum Gasteiger partial charge on any atom is 0.159 e. The Labute approximate surface area is 326 Å². The van der Waals surface area contributed by atoms with Gasteiger partial charge in [-0.2, -0.15) is 0 Å². The molecule has 12 aromatic rings. The topological polar surface area (TPSA) is 21.3 Å². The Kier molecular flexibility index (Phi) is 6.80. The summed E-state index contributed by atoms with van der Waals surface area (Å²) < 4.78 is 11.6. The van der Waals surface area contributed by atoms with Gasteiger partial charge in [0, 0.05) is 48.1 Å². The average Bonchev–Trinajstić information content (AvgIpc) is 3.94. The summed E-state index contributed by atoms with van der Waals surface area (Å²) in [4.78, 5) is 2.38. The van der Waals surface area contributed by atoms with Crippen molar-refractivity contribution in [3.05, 3.63) is 194 Å². The van der Waals surface area contributed by atoms with Crippen LogP contribution in [0.1, 0.15) is 0 Å². The number of rotatable bonds is 5. The van der Waals surface area contributed by atoms with Crippen molar-refractivity contribution in [1.82, 2.24) is 4.57 Å². The highest BCUT2D eigenvalue weighted by Gasteiger charge is 2.23. The molecule has 0 spiro atoms. The summed E-state index contributed by atoms with van der Waals surface area (Å²) >= 11 is 1.84. The molecule has 3 aromatic heterocycles. The van der Waals surface area contributed by atoms with Crippen LogP contribution in [0.4, 0.5) is 17.1 Å². The molecule has 0 fully saturated rings. The molecule has 0 aliphatic rings. The third kappa shape index (κ3) is 4.63. The van der Waals surface area contributed by atoms with Gasteiger partial charge in [0.15, 0.2) is 5.58 Å². The first-order valence-corrected chi connectivity index (χ1v) is 19.8. The van der Waals surface area contributed by atoms with Crippen molar-refractivity contribution in [2.45, 2.75) is 0 Å². The van der Waals surface area contributed by atoms with E-state index in [1.165, 1.54) is 64.0 Å². The van der Waals surface area contributed by atoms with Gasteiger partial charge >= 0.3 is 0 Å². The van der Waals surface area contributed by atoms with Gasteiger partial charge in [-0.15, -0.1) is 11.3 Å². The third-order valence-corrected chi connectivity index (χ3v) is 12.6. The second-order valence-electron chi connectivity index (χ2n) is 14.5. The summed E-state index contributed by atoms with van der Waals surface area (Å²) in [6.07, 6.45) is 0. The van der Waals surface area contributed by atoms with Gasteiger partial charge in [0.25, 0.3) is 0 Å². The van der Waals surface area contributed by atoms with E-state index in [2.05, 4.69) is 198 Å². The van der Waals surface area contributed by atoms with Crippen molar-refractivity contribution in [3.8, 4) is 16.8 Å². The monoisotopic (exact) mass is 732 g/mol. The number of anilines is 3. The fourth-order valence-corrected chi connectivity index (χ4v) is 10.0. The number of para-hydroxylation sites is 3. The minimum absolute atomic E-state index is 0.877. The quantitative estimate of drug-likeness (QED) is 0.176. The van der Waals surface area contributed by atoms with E-state index in [1.807, 2.05) is 17.4 Å². The molecule has 0 atom stereocenters. The van der Waals surface area contributed by atoms with Crippen molar-refractivity contribution in [3.63, 3.8) is 0 Å². The van der Waals surface area contributed by atoms with Crippen LogP contribution in [0.2, 0.25) is 0 Å². The minimum Gasteiger partial charge on any atom is -0.454 e. The summed E-state index contributed by atoms with van der Waals surface area (Å²) in [6.45, 7) is 0. The molecular formula is C52H32N2OS. The lowest BCUT2D eigenvalue weighted by Crippen LogP contribution is -2.10. The molecule has 9 aromatic carbocycles.